The number of nitrogens with one attached hydrogen (secondary N) is 1. The standard InChI is InChI=1S/C12H18BrNO/c1-9(2)8-15-12-5-4-10(7-14-3)6-11(12)13/h4-6,9,14H,7-8H2,1-3H3. The fraction of sp³-hybridized carbons (Fsp3) is 0.500. The smallest absolute Gasteiger partial charge is 0.133 e. The zero-order valence-electron chi connectivity index (χ0n) is 9.51. The van der Waals surface area contributed by atoms with Crippen LogP contribution >= 0.6 is 15.9 Å². The highest BCUT2D eigenvalue weighted by atomic mass is 79.9. The highest BCUT2D eigenvalue weighted by Gasteiger charge is 2.03. The maximum atomic E-state index is 5.66. The normalized spacial score (nSPS) is 10.7. The third kappa shape index (κ3) is 4.22. The lowest BCUT2D eigenvalue weighted by molar-refractivity contribution is 0.269. The second kappa shape index (κ2) is 6.13. The molecule has 0 aliphatic rings. The van der Waals surface area contributed by atoms with E-state index in [4.69, 9.17) is 4.74 Å². The van der Waals surface area contributed by atoms with E-state index >= 15 is 0 Å². The predicted octanol–water partition coefficient (Wildman–Crippen LogP) is 3.20. The Bertz CT molecular complexity index is 312. The topological polar surface area (TPSA) is 21.3 Å². The van der Waals surface area contributed by atoms with E-state index in [-0.39, 0.29) is 0 Å². The summed E-state index contributed by atoms with van der Waals surface area (Å²) in [7, 11) is 1.94. The van der Waals surface area contributed by atoms with E-state index < -0.39 is 0 Å². The van der Waals surface area contributed by atoms with E-state index in [0.717, 1.165) is 23.4 Å². The van der Waals surface area contributed by atoms with Crippen LogP contribution < -0.4 is 10.1 Å². The summed E-state index contributed by atoms with van der Waals surface area (Å²) in [6, 6.07) is 6.18. The van der Waals surface area contributed by atoms with E-state index in [1.54, 1.807) is 0 Å². The Labute approximate surface area is 100 Å². The van der Waals surface area contributed by atoms with E-state index in [9.17, 15) is 0 Å². The summed E-state index contributed by atoms with van der Waals surface area (Å²) in [5.74, 6) is 1.47. The van der Waals surface area contributed by atoms with Gasteiger partial charge in [-0.3, -0.25) is 0 Å². The number of halogens is 1. The molecule has 0 radical (unpaired) electrons. The molecular weight excluding hydrogens is 254 g/mol. The minimum absolute atomic E-state index is 0.550. The summed E-state index contributed by atoms with van der Waals surface area (Å²) < 4.78 is 6.69. The molecule has 3 heteroatoms. The minimum atomic E-state index is 0.550. The Morgan fingerprint density at radius 1 is 1.40 bits per heavy atom. The van der Waals surface area contributed by atoms with Crippen LogP contribution in [0.3, 0.4) is 0 Å². The van der Waals surface area contributed by atoms with E-state index in [0.29, 0.717) is 5.92 Å². The summed E-state index contributed by atoms with van der Waals surface area (Å²) in [5.41, 5.74) is 1.25. The van der Waals surface area contributed by atoms with Gasteiger partial charge in [0.05, 0.1) is 11.1 Å². The van der Waals surface area contributed by atoms with Gasteiger partial charge in [0.15, 0.2) is 0 Å². The summed E-state index contributed by atoms with van der Waals surface area (Å²) in [4.78, 5) is 0. The summed E-state index contributed by atoms with van der Waals surface area (Å²) in [6.45, 7) is 5.92. The highest BCUT2D eigenvalue weighted by molar-refractivity contribution is 9.10. The van der Waals surface area contributed by atoms with Crippen molar-refractivity contribution in [1.29, 1.82) is 0 Å². The number of hydrogen-bond donors (Lipinski definition) is 1. The molecule has 0 aromatic heterocycles. The number of benzene rings is 1. The molecule has 84 valence electrons. The highest BCUT2D eigenvalue weighted by Crippen LogP contribution is 2.26. The molecule has 0 saturated carbocycles. The molecule has 0 aliphatic heterocycles. The van der Waals surface area contributed by atoms with Gasteiger partial charge in [-0.25, -0.2) is 0 Å². The Morgan fingerprint density at radius 2 is 2.13 bits per heavy atom. The summed E-state index contributed by atoms with van der Waals surface area (Å²) >= 11 is 3.51. The van der Waals surface area contributed by atoms with Gasteiger partial charge in [-0.2, -0.15) is 0 Å². The van der Waals surface area contributed by atoms with Crippen molar-refractivity contribution in [3.05, 3.63) is 28.2 Å². The molecule has 0 aliphatic carbocycles. The van der Waals surface area contributed by atoms with Crippen LogP contribution in [0.1, 0.15) is 19.4 Å². The average molecular weight is 272 g/mol. The largest absolute Gasteiger partial charge is 0.492 e. The van der Waals surface area contributed by atoms with Crippen LogP contribution in [0.25, 0.3) is 0 Å². The van der Waals surface area contributed by atoms with Crippen LogP contribution in [0.4, 0.5) is 0 Å². The zero-order valence-corrected chi connectivity index (χ0v) is 11.1. The molecule has 0 atom stereocenters. The van der Waals surface area contributed by atoms with Crippen LogP contribution in [-0.4, -0.2) is 13.7 Å². The van der Waals surface area contributed by atoms with E-state index in [1.807, 2.05) is 13.1 Å². The number of rotatable bonds is 5. The third-order valence-electron chi connectivity index (χ3n) is 1.95. The molecule has 0 bridgehead atoms. The molecule has 0 unspecified atom stereocenters. The van der Waals surface area contributed by atoms with Crippen molar-refractivity contribution in [2.24, 2.45) is 5.92 Å². The fourth-order valence-corrected chi connectivity index (χ4v) is 1.77. The summed E-state index contributed by atoms with van der Waals surface area (Å²) in [6.07, 6.45) is 0. The molecule has 1 N–H and O–H groups in total. The molecule has 0 amide bonds. The Balaban J connectivity index is 2.66. The lowest BCUT2D eigenvalue weighted by atomic mass is 10.2. The van der Waals surface area contributed by atoms with Crippen molar-refractivity contribution in [1.82, 2.24) is 5.32 Å². The Morgan fingerprint density at radius 3 is 2.67 bits per heavy atom. The van der Waals surface area contributed by atoms with Crippen molar-refractivity contribution in [2.45, 2.75) is 20.4 Å². The molecule has 1 aromatic rings. The van der Waals surface area contributed by atoms with Gasteiger partial charge in [-0.15, -0.1) is 0 Å². The monoisotopic (exact) mass is 271 g/mol. The predicted molar refractivity (Wildman–Crippen MR) is 67.2 cm³/mol. The van der Waals surface area contributed by atoms with Gasteiger partial charge in [0.25, 0.3) is 0 Å². The van der Waals surface area contributed by atoms with Crippen molar-refractivity contribution in [3.63, 3.8) is 0 Å². The molecule has 0 saturated heterocycles. The van der Waals surface area contributed by atoms with Gasteiger partial charge in [0, 0.05) is 6.54 Å². The van der Waals surface area contributed by atoms with Gasteiger partial charge in [-0.1, -0.05) is 19.9 Å². The first-order chi connectivity index (χ1) is 7.13. The molecule has 15 heavy (non-hydrogen) atoms. The first-order valence-corrected chi connectivity index (χ1v) is 5.98. The van der Waals surface area contributed by atoms with Gasteiger partial charge in [-0.05, 0) is 46.6 Å². The van der Waals surface area contributed by atoms with E-state index in [2.05, 4.69) is 47.2 Å². The molecule has 1 aromatic carbocycles. The molecule has 0 heterocycles. The molecule has 1 rings (SSSR count). The Kier molecular flexibility index (Phi) is 5.12. The van der Waals surface area contributed by atoms with Crippen LogP contribution in [0.15, 0.2) is 22.7 Å². The van der Waals surface area contributed by atoms with Crippen molar-refractivity contribution < 1.29 is 4.74 Å². The first kappa shape index (κ1) is 12.5. The second-order valence-corrected chi connectivity index (χ2v) is 4.85. The Hall–Kier alpha value is -0.540. The summed E-state index contributed by atoms with van der Waals surface area (Å²) in [5, 5.41) is 3.12. The minimum Gasteiger partial charge on any atom is -0.492 e. The van der Waals surface area contributed by atoms with Gasteiger partial charge in [0.2, 0.25) is 0 Å². The van der Waals surface area contributed by atoms with Gasteiger partial charge < -0.3 is 10.1 Å². The fourth-order valence-electron chi connectivity index (χ4n) is 1.23. The molecule has 0 spiro atoms. The van der Waals surface area contributed by atoms with Crippen molar-refractivity contribution >= 4 is 15.9 Å². The lowest BCUT2D eigenvalue weighted by Crippen LogP contribution is -2.07. The SMILES string of the molecule is CNCc1ccc(OCC(C)C)c(Br)c1. The molecular formula is C12H18BrNO. The van der Waals surface area contributed by atoms with Crippen molar-refractivity contribution in [3.8, 4) is 5.75 Å². The van der Waals surface area contributed by atoms with Crippen LogP contribution in [0, 0.1) is 5.92 Å². The van der Waals surface area contributed by atoms with E-state index in [1.165, 1.54) is 5.56 Å². The van der Waals surface area contributed by atoms with Gasteiger partial charge >= 0.3 is 0 Å². The number of hydrogen-bond acceptors (Lipinski definition) is 2. The lowest BCUT2D eigenvalue weighted by Gasteiger charge is -2.11. The zero-order chi connectivity index (χ0) is 11.3. The second-order valence-electron chi connectivity index (χ2n) is 4.00. The third-order valence-corrected chi connectivity index (χ3v) is 2.57. The van der Waals surface area contributed by atoms with Gasteiger partial charge in [0.1, 0.15) is 5.75 Å². The number of ether oxygens (including phenoxy) is 1. The molecule has 0 fully saturated rings. The van der Waals surface area contributed by atoms with Crippen LogP contribution in [-0.2, 0) is 6.54 Å². The average Bonchev–Trinajstić information content (AvgIpc) is 2.17. The first-order valence-electron chi connectivity index (χ1n) is 5.19. The van der Waals surface area contributed by atoms with Crippen LogP contribution in [0.5, 0.6) is 5.75 Å². The maximum Gasteiger partial charge on any atom is 0.133 e. The maximum absolute atomic E-state index is 5.66. The quantitative estimate of drug-likeness (QED) is 0.888. The van der Waals surface area contributed by atoms with Crippen LogP contribution in [0.2, 0.25) is 0 Å². The molecule has 2 nitrogen and oxygen atoms in total. The van der Waals surface area contributed by atoms with Crippen molar-refractivity contribution in [2.75, 3.05) is 13.7 Å².